The molecule has 0 bridgehead atoms. The molecule has 1 aromatic heterocycles. The Hall–Kier alpha value is -1.32. The van der Waals surface area contributed by atoms with Crippen molar-refractivity contribution < 1.29 is 0 Å². The Morgan fingerprint density at radius 3 is 2.58 bits per heavy atom. The maximum Gasteiger partial charge on any atom is 0.134 e. The van der Waals surface area contributed by atoms with Crippen LogP contribution in [0.15, 0.2) is 6.33 Å². The van der Waals surface area contributed by atoms with Gasteiger partial charge in [-0.25, -0.2) is 9.97 Å². The summed E-state index contributed by atoms with van der Waals surface area (Å²) in [7, 11) is 0. The molecule has 0 aliphatic heterocycles. The molecular weight excluding hydrogens is 236 g/mol. The molecule has 1 saturated carbocycles. The van der Waals surface area contributed by atoms with Gasteiger partial charge in [0, 0.05) is 12.1 Å². The molecule has 1 aliphatic rings. The fourth-order valence-corrected chi connectivity index (χ4v) is 2.89. The highest BCUT2D eigenvalue weighted by molar-refractivity contribution is 5.56. The topological polar surface area (TPSA) is 63.8 Å². The second-order valence-electron chi connectivity index (χ2n) is 6.18. The molecule has 1 heterocycles. The summed E-state index contributed by atoms with van der Waals surface area (Å²) >= 11 is 0. The number of nitrogens with one attached hydrogen (secondary N) is 1. The third kappa shape index (κ3) is 3.58. The molecule has 0 spiro atoms. The number of hydrogen-bond donors (Lipinski definition) is 2. The highest BCUT2D eigenvalue weighted by Crippen LogP contribution is 2.30. The molecular formula is C15H26N4. The molecule has 19 heavy (non-hydrogen) atoms. The molecule has 0 aromatic carbocycles. The van der Waals surface area contributed by atoms with E-state index in [1.165, 1.54) is 25.7 Å². The molecule has 0 atom stereocenters. The summed E-state index contributed by atoms with van der Waals surface area (Å²) in [6.07, 6.45) is 6.91. The fourth-order valence-electron chi connectivity index (χ4n) is 2.89. The van der Waals surface area contributed by atoms with E-state index >= 15 is 0 Å². The average molecular weight is 262 g/mol. The number of rotatable bonds is 4. The maximum atomic E-state index is 5.96. The first-order valence-electron chi connectivity index (χ1n) is 7.42. The predicted molar refractivity (Wildman–Crippen MR) is 80.1 cm³/mol. The molecule has 106 valence electrons. The van der Waals surface area contributed by atoms with Crippen LogP contribution in [-0.2, 0) is 0 Å². The Labute approximate surface area is 116 Å². The minimum atomic E-state index is 0.343. The summed E-state index contributed by atoms with van der Waals surface area (Å²) in [4.78, 5) is 8.45. The molecule has 2 rings (SSSR count). The zero-order chi connectivity index (χ0) is 13.8. The van der Waals surface area contributed by atoms with Crippen molar-refractivity contribution in [2.75, 3.05) is 17.6 Å². The lowest BCUT2D eigenvalue weighted by atomic mass is 9.83. The van der Waals surface area contributed by atoms with Gasteiger partial charge in [0.05, 0.1) is 0 Å². The Morgan fingerprint density at radius 2 is 1.95 bits per heavy atom. The van der Waals surface area contributed by atoms with E-state index in [-0.39, 0.29) is 0 Å². The minimum absolute atomic E-state index is 0.343. The van der Waals surface area contributed by atoms with Crippen molar-refractivity contribution in [1.82, 2.24) is 9.97 Å². The average Bonchev–Trinajstić information content (AvgIpc) is 2.37. The van der Waals surface area contributed by atoms with Crippen molar-refractivity contribution in [2.24, 2.45) is 11.8 Å². The van der Waals surface area contributed by atoms with Crippen LogP contribution in [0, 0.1) is 11.8 Å². The van der Waals surface area contributed by atoms with Crippen LogP contribution in [0.2, 0.25) is 0 Å². The SMILES string of the molecule is CC1CCC(CNc2ncnc(N)c2C(C)C)CC1. The normalized spacial score (nSPS) is 23.6. The van der Waals surface area contributed by atoms with Crippen LogP contribution in [0.3, 0.4) is 0 Å². The maximum absolute atomic E-state index is 5.96. The molecule has 4 nitrogen and oxygen atoms in total. The highest BCUT2D eigenvalue weighted by atomic mass is 15.0. The van der Waals surface area contributed by atoms with Crippen molar-refractivity contribution in [3.05, 3.63) is 11.9 Å². The van der Waals surface area contributed by atoms with Crippen LogP contribution in [-0.4, -0.2) is 16.5 Å². The van der Waals surface area contributed by atoms with E-state index in [4.69, 9.17) is 5.73 Å². The van der Waals surface area contributed by atoms with E-state index in [0.717, 1.165) is 29.8 Å². The molecule has 1 aliphatic carbocycles. The number of nitrogens with two attached hydrogens (primary N) is 1. The molecule has 1 fully saturated rings. The minimum Gasteiger partial charge on any atom is -0.383 e. The second-order valence-corrected chi connectivity index (χ2v) is 6.18. The lowest BCUT2D eigenvalue weighted by Gasteiger charge is -2.27. The largest absolute Gasteiger partial charge is 0.383 e. The number of aromatic nitrogens is 2. The number of nitrogen functional groups attached to an aromatic ring is 1. The molecule has 0 unspecified atom stereocenters. The van der Waals surface area contributed by atoms with E-state index in [1.54, 1.807) is 6.33 Å². The van der Waals surface area contributed by atoms with Gasteiger partial charge in [-0.15, -0.1) is 0 Å². The van der Waals surface area contributed by atoms with E-state index in [2.05, 4.69) is 36.1 Å². The molecule has 3 N–H and O–H groups in total. The third-order valence-electron chi connectivity index (χ3n) is 4.19. The van der Waals surface area contributed by atoms with Crippen molar-refractivity contribution in [2.45, 2.75) is 52.4 Å². The highest BCUT2D eigenvalue weighted by Gasteiger charge is 2.19. The second kappa shape index (κ2) is 6.22. The molecule has 0 radical (unpaired) electrons. The van der Waals surface area contributed by atoms with E-state index in [1.807, 2.05) is 0 Å². The Bertz CT molecular complexity index is 409. The van der Waals surface area contributed by atoms with Gasteiger partial charge >= 0.3 is 0 Å². The van der Waals surface area contributed by atoms with Gasteiger partial charge in [-0.05, 0) is 30.6 Å². The van der Waals surface area contributed by atoms with Gasteiger partial charge in [0.1, 0.15) is 18.0 Å². The number of anilines is 2. The predicted octanol–water partition coefficient (Wildman–Crippen LogP) is 3.42. The van der Waals surface area contributed by atoms with Gasteiger partial charge in [-0.1, -0.05) is 33.6 Å². The van der Waals surface area contributed by atoms with Gasteiger partial charge in [0.2, 0.25) is 0 Å². The summed E-state index contributed by atoms with van der Waals surface area (Å²) in [6, 6.07) is 0. The number of nitrogens with zero attached hydrogens (tertiary/aromatic N) is 2. The smallest absolute Gasteiger partial charge is 0.134 e. The zero-order valence-electron chi connectivity index (χ0n) is 12.3. The zero-order valence-corrected chi connectivity index (χ0v) is 12.3. The molecule has 0 amide bonds. The lowest BCUT2D eigenvalue weighted by Crippen LogP contribution is -2.21. The van der Waals surface area contributed by atoms with Crippen LogP contribution < -0.4 is 11.1 Å². The Kier molecular flexibility index (Phi) is 4.61. The van der Waals surface area contributed by atoms with Crippen molar-refractivity contribution in [1.29, 1.82) is 0 Å². The van der Waals surface area contributed by atoms with Crippen LogP contribution >= 0.6 is 0 Å². The third-order valence-corrected chi connectivity index (χ3v) is 4.19. The first-order chi connectivity index (χ1) is 9.08. The van der Waals surface area contributed by atoms with E-state index in [9.17, 15) is 0 Å². The summed E-state index contributed by atoms with van der Waals surface area (Å²) in [5.74, 6) is 3.53. The summed E-state index contributed by atoms with van der Waals surface area (Å²) in [5.41, 5.74) is 7.01. The van der Waals surface area contributed by atoms with Gasteiger partial charge in [0.25, 0.3) is 0 Å². The van der Waals surface area contributed by atoms with Crippen molar-refractivity contribution in [3.8, 4) is 0 Å². The van der Waals surface area contributed by atoms with Gasteiger partial charge < -0.3 is 11.1 Å². The number of hydrogen-bond acceptors (Lipinski definition) is 4. The van der Waals surface area contributed by atoms with Gasteiger partial charge in [-0.3, -0.25) is 0 Å². The van der Waals surface area contributed by atoms with Gasteiger partial charge in [-0.2, -0.15) is 0 Å². The van der Waals surface area contributed by atoms with E-state index < -0.39 is 0 Å². The van der Waals surface area contributed by atoms with E-state index in [0.29, 0.717) is 11.7 Å². The monoisotopic (exact) mass is 262 g/mol. The fraction of sp³-hybridized carbons (Fsp3) is 0.733. The first-order valence-corrected chi connectivity index (χ1v) is 7.42. The van der Waals surface area contributed by atoms with Crippen molar-refractivity contribution in [3.63, 3.8) is 0 Å². The summed E-state index contributed by atoms with van der Waals surface area (Å²) in [6.45, 7) is 7.61. The first kappa shape index (κ1) is 14.1. The summed E-state index contributed by atoms with van der Waals surface area (Å²) < 4.78 is 0. The Balaban J connectivity index is 1.98. The molecule has 0 saturated heterocycles. The van der Waals surface area contributed by atoms with Crippen LogP contribution in [0.1, 0.15) is 57.9 Å². The molecule has 4 heteroatoms. The lowest BCUT2D eigenvalue weighted by molar-refractivity contribution is 0.300. The van der Waals surface area contributed by atoms with Crippen molar-refractivity contribution >= 4 is 11.6 Å². The van der Waals surface area contributed by atoms with Gasteiger partial charge in [0.15, 0.2) is 0 Å². The van der Waals surface area contributed by atoms with Crippen LogP contribution in [0.25, 0.3) is 0 Å². The van der Waals surface area contributed by atoms with Crippen LogP contribution in [0.5, 0.6) is 0 Å². The summed E-state index contributed by atoms with van der Waals surface area (Å²) in [5, 5.41) is 3.49. The standard InChI is InChI=1S/C15H26N4/c1-10(2)13-14(16)18-9-19-15(13)17-8-12-6-4-11(3)5-7-12/h9-12H,4-8H2,1-3H3,(H3,16,17,18,19). The Morgan fingerprint density at radius 1 is 1.26 bits per heavy atom. The quantitative estimate of drug-likeness (QED) is 0.872. The van der Waals surface area contributed by atoms with Crippen LogP contribution in [0.4, 0.5) is 11.6 Å². The molecule has 1 aromatic rings.